The Labute approximate surface area is 129 Å². The highest BCUT2D eigenvalue weighted by Gasteiger charge is 2.37. The highest BCUT2D eigenvalue weighted by molar-refractivity contribution is 5.93. The Morgan fingerprint density at radius 3 is 2.45 bits per heavy atom. The Bertz CT molecular complexity index is 676. The first kappa shape index (κ1) is 14.7. The quantitative estimate of drug-likeness (QED) is 0.938. The van der Waals surface area contributed by atoms with E-state index in [4.69, 9.17) is 0 Å². The summed E-state index contributed by atoms with van der Waals surface area (Å²) in [5.41, 5.74) is 1.80. The lowest BCUT2D eigenvalue weighted by atomic mass is 9.88. The molecule has 1 heterocycles. The Balaban J connectivity index is 1.88. The van der Waals surface area contributed by atoms with Crippen molar-refractivity contribution < 1.29 is 9.18 Å². The fourth-order valence-corrected chi connectivity index (χ4v) is 3.18. The van der Waals surface area contributed by atoms with Crippen LogP contribution in [-0.2, 0) is 5.54 Å². The topological polar surface area (TPSA) is 42.0 Å². The fourth-order valence-electron chi connectivity index (χ4n) is 3.18. The standard InChI is InChI=1S/C18H19FN2O/c1-13-5-4-6-16(20-13)17(22)21-18(11-2-3-12-18)14-7-9-15(19)10-8-14/h4-10H,2-3,11-12H2,1H3,(H,21,22). The molecule has 1 aliphatic carbocycles. The molecule has 2 aromatic rings. The monoisotopic (exact) mass is 298 g/mol. The zero-order valence-corrected chi connectivity index (χ0v) is 12.6. The maximum Gasteiger partial charge on any atom is 0.270 e. The van der Waals surface area contributed by atoms with E-state index >= 15 is 0 Å². The predicted molar refractivity (Wildman–Crippen MR) is 83.0 cm³/mol. The van der Waals surface area contributed by atoms with Crippen LogP contribution >= 0.6 is 0 Å². The molecule has 1 saturated carbocycles. The van der Waals surface area contributed by atoms with Crippen molar-refractivity contribution in [3.8, 4) is 0 Å². The number of rotatable bonds is 3. The number of hydrogen-bond acceptors (Lipinski definition) is 2. The summed E-state index contributed by atoms with van der Waals surface area (Å²) in [5.74, 6) is -0.432. The Morgan fingerprint density at radius 1 is 1.14 bits per heavy atom. The third-order valence-electron chi connectivity index (χ3n) is 4.33. The van der Waals surface area contributed by atoms with Crippen molar-refractivity contribution in [3.05, 3.63) is 65.2 Å². The molecule has 3 rings (SSSR count). The highest BCUT2D eigenvalue weighted by atomic mass is 19.1. The lowest BCUT2D eigenvalue weighted by Crippen LogP contribution is -2.44. The van der Waals surface area contributed by atoms with E-state index in [2.05, 4.69) is 10.3 Å². The van der Waals surface area contributed by atoms with Gasteiger partial charge in [0.25, 0.3) is 5.91 Å². The molecule has 1 aromatic carbocycles. The molecule has 1 aliphatic rings. The zero-order chi connectivity index (χ0) is 15.6. The normalized spacial score (nSPS) is 16.5. The molecule has 1 fully saturated rings. The Hall–Kier alpha value is -2.23. The van der Waals surface area contributed by atoms with Crippen molar-refractivity contribution >= 4 is 5.91 Å². The summed E-state index contributed by atoms with van der Waals surface area (Å²) in [6, 6.07) is 11.8. The number of aryl methyl sites for hydroxylation is 1. The molecule has 1 amide bonds. The molecule has 0 bridgehead atoms. The predicted octanol–water partition coefficient (Wildman–Crippen LogP) is 3.73. The number of nitrogens with one attached hydrogen (secondary N) is 1. The van der Waals surface area contributed by atoms with Gasteiger partial charge in [0.1, 0.15) is 11.5 Å². The van der Waals surface area contributed by atoms with Crippen molar-refractivity contribution in [2.24, 2.45) is 0 Å². The van der Waals surface area contributed by atoms with Gasteiger partial charge < -0.3 is 5.32 Å². The van der Waals surface area contributed by atoms with Gasteiger partial charge in [0.05, 0.1) is 5.54 Å². The minimum Gasteiger partial charge on any atom is -0.341 e. The molecule has 0 saturated heterocycles. The van der Waals surface area contributed by atoms with Crippen LogP contribution in [0.5, 0.6) is 0 Å². The number of amides is 1. The molecule has 0 unspecified atom stereocenters. The van der Waals surface area contributed by atoms with Gasteiger partial charge in [0.15, 0.2) is 0 Å². The zero-order valence-electron chi connectivity index (χ0n) is 12.6. The number of carbonyl (C=O) groups is 1. The lowest BCUT2D eigenvalue weighted by molar-refractivity contribution is 0.0892. The maximum atomic E-state index is 13.2. The van der Waals surface area contributed by atoms with Gasteiger partial charge in [-0.1, -0.05) is 31.0 Å². The smallest absolute Gasteiger partial charge is 0.270 e. The van der Waals surface area contributed by atoms with E-state index in [1.807, 2.05) is 19.1 Å². The summed E-state index contributed by atoms with van der Waals surface area (Å²) in [7, 11) is 0. The summed E-state index contributed by atoms with van der Waals surface area (Å²) in [6.07, 6.45) is 3.85. The van der Waals surface area contributed by atoms with Crippen LogP contribution in [0.1, 0.15) is 47.4 Å². The van der Waals surface area contributed by atoms with Crippen LogP contribution in [0.25, 0.3) is 0 Å². The second-order valence-corrected chi connectivity index (χ2v) is 5.91. The van der Waals surface area contributed by atoms with Gasteiger partial charge in [-0.15, -0.1) is 0 Å². The molecule has 1 N–H and O–H groups in total. The van der Waals surface area contributed by atoms with Crippen LogP contribution in [0.2, 0.25) is 0 Å². The van der Waals surface area contributed by atoms with Gasteiger partial charge in [-0.25, -0.2) is 9.37 Å². The second-order valence-electron chi connectivity index (χ2n) is 5.91. The average Bonchev–Trinajstić information content (AvgIpc) is 2.97. The lowest BCUT2D eigenvalue weighted by Gasteiger charge is -2.31. The number of aromatic nitrogens is 1. The van der Waals surface area contributed by atoms with E-state index in [0.29, 0.717) is 5.69 Å². The molecule has 4 heteroatoms. The maximum absolute atomic E-state index is 13.2. The minimum atomic E-state index is -0.407. The van der Waals surface area contributed by atoms with Crippen molar-refractivity contribution in [2.75, 3.05) is 0 Å². The molecule has 22 heavy (non-hydrogen) atoms. The molecule has 114 valence electrons. The van der Waals surface area contributed by atoms with Gasteiger partial charge in [-0.05, 0) is 49.6 Å². The summed E-state index contributed by atoms with van der Waals surface area (Å²) >= 11 is 0. The van der Waals surface area contributed by atoms with Crippen LogP contribution in [0.15, 0.2) is 42.5 Å². The van der Waals surface area contributed by atoms with Gasteiger partial charge in [-0.2, -0.15) is 0 Å². The van der Waals surface area contributed by atoms with Crippen molar-refractivity contribution in [3.63, 3.8) is 0 Å². The van der Waals surface area contributed by atoms with Crippen molar-refractivity contribution in [2.45, 2.75) is 38.1 Å². The van der Waals surface area contributed by atoms with Gasteiger partial charge in [-0.3, -0.25) is 4.79 Å². The van der Waals surface area contributed by atoms with Crippen molar-refractivity contribution in [1.82, 2.24) is 10.3 Å². The van der Waals surface area contributed by atoms with E-state index in [1.165, 1.54) is 12.1 Å². The van der Waals surface area contributed by atoms with Crippen LogP contribution in [-0.4, -0.2) is 10.9 Å². The van der Waals surface area contributed by atoms with Crippen LogP contribution in [0, 0.1) is 12.7 Å². The Morgan fingerprint density at radius 2 is 1.82 bits per heavy atom. The first-order valence-electron chi connectivity index (χ1n) is 7.61. The number of pyridine rings is 1. The molecule has 3 nitrogen and oxygen atoms in total. The number of nitrogens with zero attached hydrogens (tertiary/aromatic N) is 1. The van der Waals surface area contributed by atoms with Gasteiger partial charge >= 0.3 is 0 Å². The summed E-state index contributed by atoms with van der Waals surface area (Å²) in [5, 5.41) is 3.15. The molecular formula is C18H19FN2O. The van der Waals surface area contributed by atoms with Gasteiger partial charge in [0.2, 0.25) is 0 Å². The largest absolute Gasteiger partial charge is 0.341 e. The van der Waals surface area contributed by atoms with E-state index in [9.17, 15) is 9.18 Å². The number of halogens is 1. The SMILES string of the molecule is Cc1cccc(C(=O)NC2(c3ccc(F)cc3)CCCC2)n1. The van der Waals surface area contributed by atoms with Crippen LogP contribution < -0.4 is 5.32 Å². The Kier molecular flexibility index (Phi) is 3.92. The number of hydrogen-bond donors (Lipinski definition) is 1. The van der Waals surface area contributed by atoms with E-state index in [1.54, 1.807) is 18.2 Å². The van der Waals surface area contributed by atoms with E-state index in [0.717, 1.165) is 36.9 Å². The van der Waals surface area contributed by atoms with E-state index < -0.39 is 5.54 Å². The van der Waals surface area contributed by atoms with E-state index in [-0.39, 0.29) is 11.7 Å². The molecule has 0 radical (unpaired) electrons. The minimum absolute atomic E-state index is 0.171. The van der Waals surface area contributed by atoms with Gasteiger partial charge in [0, 0.05) is 5.69 Å². The summed E-state index contributed by atoms with van der Waals surface area (Å²) < 4.78 is 13.2. The molecule has 0 spiro atoms. The molecule has 0 aliphatic heterocycles. The number of carbonyl (C=O) groups excluding carboxylic acids is 1. The first-order valence-corrected chi connectivity index (χ1v) is 7.61. The third-order valence-corrected chi connectivity index (χ3v) is 4.33. The third kappa shape index (κ3) is 2.86. The fraction of sp³-hybridized carbons (Fsp3) is 0.333. The molecule has 0 atom stereocenters. The number of benzene rings is 1. The average molecular weight is 298 g/mol. The second kappa shape index (κ2) is 5.87. The van der Waals surface area contributed by atoms with Crippen molar-refractivity contribution in [1.29, 1.82) is 0 Å². The van der Waals surface area contributed by atoms with Crippen LogP contribution in [0.3, 0.4) is 0 Å². The molecule has 1 aromatic heterocycles. The van der Waals surface area contributed by atoms with Crippen LogP contribution in [0.4, 0.5) is 4.39 Å². The summed E-state index contributed by atoms with van der Waals surface area (Å²) in [6.45, 7) is 1.86. The first-order chi connectivity index (χ1) is 10.6. The molecular weight excluding hydrogens is 279 g/mol. The highest BCUT2D eigenvalue weighted by Crippen LogP contribution is 2.39. The summed E-state index contributed by atoms with van der Waals surface area (Å²) in [4.78, 5) is 16.8.